The molecule has 0 saturated carbocycles. The first kappa shape index (κ1) is 16.4. The molecule has 1 rings (SSSR count). The number of amides is 1. The van der Waals surface area contributed by atoms with Crippen molar-refractivity contribution in [2.45, 2.75) is 39.7 Å². The predicted molar refractivity (Wildman–Crippen MR) is 79.1 cm³/mol. The number of hydrogen-bond donors (Lipinski definition) is 1. The molecule has 0 radical (unpaired) electrons. The molecule has 0 spiro atoms. The molecule has 1 aromatic carbocycles. The second kappa shape index (κ2) is 7.24. The summed E-state index contributed by atoms with van der Waals surface area (Å²) >= 11 is 5.91. The fraction of sp³-hybridized carbons (Fsp3) is 0.500. The van der Waals surface area contributed by atoms with Gasteiger partial charge >= 0.3 is 0 Å². The molecule has 2 unspecified atom stereocenters. The van der Waals surface area contributed by atoms with Crippen molar-refractivity contribution >= 4 is 23.2 Å². The summed E-state index contributed by atoms with van der Waals surface area (Å²) in [5, 5.41) is 13.5. The Kier molecular flexibility index (Phi) is 5.95. The molecule has 1 aromatic rings. The Hall–Kier alpha value is -1.62. The predicted octanol–water partition coefficient (Wildman–Crippen LogP) is 3.80. The minimum absolute atomic E-state index is 0.00669. The lowest BCUT2D eigenvalue weighted by molar-refractivity contribution is -0.384. The zero-order chi connectivity index (χ0) is 15.3. The fourth-order valence-corrected chi connectivity index (χ4v) is 2.25. The van der Waals surface area contributed by atoms with Crippen molar-refractivity contribution in [2.24, 2.45) is 5.92 Å². The molecule has 0 fully saturated rings. The number of nitrogens with one attached hydrogen (secondary N) is 1. The summed E-state index contributed by atoms with van der Waals surface area (Å²) in [6, 6.07) is 4.22. The molecule has 5 nitrogen and oxygen atoms in total. The SMILES string of the molecule is CCC(C)CC(C)NC(=O)c1cccc([N+](=O)[O-])c1Cl. The molecule has 0 heterocycles. The van der Waals surface area contributed by atoms with E-state index in [1.54, 1.807) is 0 Å². The number of benzene rings is 1. The number of carbonyl (C=O) groups is 1. The number of nitro groups is 1. The Labute approximate surface area is 123 Å². The lowest BCUT2D eigenvalue weighted by Gasteiger charge is -2.17. The second-order valence-electron chi connectivity index (χ2n) is 5.02. The van der Waals surface area contributed by atoms with Gasteiger partial charge in [-0.15, -0.1) is 0 Å². The van der Waals surface area contributed by atoms with Crippen molar-refractivity contribution < 1.29 is 9.72 Å². The van der Waals surface area contributed by atoms with Crippen LogP contribution in [0.1, 0.15) is 44.0 Å². The maximum atomic E-state index is 12.1. The van der Waals surface area contributed by atoms with E-state index in [1.807, 2.05) is 6.92 Å². The summed E-state index contributed by atoms with van der Waals surface area (Å²) in [6.45, 7) is 6.12. The second-order valence-corrected chi connectivity index (χ2v) is 5.40. The molecule has 0 aliphatic carbocycles. The highest BCUT2D eigenvalue weighted by atomic mass is 35.5. The van der Waals surface area contributed by atoms with E-state index in [1.165, 1.54) is 18.2 Å². The van der Waals surface area contributed by atoms with Crippen LogP contribution in [0.3, 0.4) is 0 Å². The van der Waals surface area contributed by atoms with Crippen LogP contribution in [0.15, 0.2) is 18.2 Å². The highest BCUT2D eigenvalue weighted by Gasteiger charge is 2.21. The monoisotopic (exact) mass is 298 g/mol. The molecule has 20 heavy (non-hydrogen) atoms. The minimum Gasteiger partial charge on any atom is -0.350 e. The molecule has 0 aliphatic heterocycles. The van der Waals surface area contributed by atoms with Crippen LogP contribution in [-0.2, 0) is 0 Å². The van der Waals surface area contributed by atoms with Crippen molar-refractivity contribution in [3.8, 4) is 0 Å². The van der Waals surface area contributed by atoms with E-state index in [2.05, 4.69) is 19.2 Å². The third-order valence-corrected chi connectivity index (χ3v) is 3.65. The van der Waals surface area contributed by atoms with Crippen LogP contribution in [0.4, 0.5) is 5.69 Å². The molecule has 0 aliphatic rings. The number of hydrogen-bond acceptors (Lipinski definition) is 3. The lowest BCUT2D eigenvalue weighted by Crippen LogP contribution is -2.33. The van der Waals surface area contributed by atoms with Crippen LogP contribution in [0, 0.1) is 16.0 Å². The Balaban J connectivity index is 2.83. The van der Waals surface area contributed by atoms with Gasteiger partial charge in [-0.05, 0) is 25.3 Å². The third-order valence-electron chi connectivity index (χ3n) is 3.25. The van der Waals surface area contributed by atoms with E-state index in [0.29, 0.717) is 5.92 Å². The Morgan fingerprint density at radius 3 is 2.65 bits per heavy atom. The molecular weight excluding hydrogens is 280 g/mol. The van der Waals surface area contributed by atoms with E-state index < -0.39 is 4.92 Å². The lowest BCUT2D eigenvalue weighted by atomic mass is 10.00. The van der Waals surface area contributed by atoms with Crippen molar-refractivity contribution in [1.29, 1.82) is 0 Å². The van der Waals surface area contributed by atoms with Crippen molar-refractivity contribution in [1.82, 2.24) is 5.32 Å². The first-order chi connectivity index (χ1) is 9.36. The van der Waals surface area contributed by atoms with Gasteiger partial charge in [-0.25, -0.2) is 0 Å². The van der Waals surface area contributed by atoms with Crippen molar-refractivity contribution in [2.75, 3.05) is 0 Å². The maximum absolute atomic E-state index is 12.1. The first-order valence-corrected chi connectivity index (χ1v) is 6.98. The average molecular weight is 299 g/mol. The van der Waals surface area contributed by atoms with Crippen molar-refractivity contribution in [3.05, 3.63) is 38.9 Å². The Bertz CT molecular complexity index is 505. The maximum Gasteiger partial charge on any atom is 0.288 e. The van der Waals surface area contributed by atoms with Gasteiger partial charge in [-0.1, -0.05) is 37.9 Å². The number of carbonyl (C=O) groups excluding carboxylic acids is 1. The number of halogens is 1. The molecule has 0 aromatic heterocycles. The van der Waals surface area contributed by atoms with Gasteiger partial charge in [-0.3, -0.25) is 14.9 Å². The summed E-state index contributed by atoms with van der Waals surface area (Å²) in [5.41, 5.74) is -0.120. The van der Waals surface area contributed by atoms with Gasteiger partial charge < -0.3 is 5.32 Å². The van der Waals surface area contributed by atoms with E-state index in [0.717, 1.165) is 12.8 Å². The van der Waals surface area contributed by atoms with Gasteiger partial charge in [0.25, 0.3) is 11.6 Å². The summed E-state index contributed by atoms with van der Waals surface area (Å²) in [6.07, 6.45) is 1.90. The molecular formula is C14H19ClN2O3. The van der Waals surface area contributed by atoms with Gasteiger partial charge in [0.15, 0.2) is 0 Å². The summed E-state index contributed by atoms with van der Waals surface area (Å²) in [7, 11) is 0. The zero-order valence-corrected chi connectivity index (χ0v) is 12.6. The quantitative estimate of drug-likeness (QED) is 0.641. The third kappa shape index (κ3) is 4.20. The number of nitrogens with zero attached hydrogens (tertiary/aromatic N) is 1. The Morgan fingerprint density at radius 2 is 2.10 bits per heavy atom. The van der Waals surface area contributed by atoms with Crippen LogP contribution >= 0.6 is 11.6 Å². The van der Waals surface area contributed by atoms with Crippen LogP contribution in [0.25, 0.3) is 0 Å². The average Bonchev–Trinajstić information content (AvgIpc) is 2.37. The highest BCUT2D eigenvalue weighted by Crippen LogP contribution is 2.27. The summed E-state index contributed by atoms with van der Waals surface area (Å²) in [4.78, 5) is 22.3. The van der Waals surface area contributed by atoms with Crippen LogP contribution in [0.2, 0.25) is 5.02 Å². The molecule has 2 atom stereocenters. The normalized spacial score (nSPS) is 13.6. The number of nitro benzene ring substituents is 1. The van der Waals surface area contributed by atoms with Gasteiger partial charge in [0.05, 0.1) is 10.5 Å². The molecule has 6 heteroatoms. The van der Waals surface area contributed by atoms with Crippen LogP contribution < -0.4 is 5.32 Å². The van der Waals surface area contributed by atoms with E-state index in [4.69, 9.17) is 11.6 Å². The standard InChI is InChI=1S/C14H19ClN2O3/c1-4-9(2)8-10(3)16-14(18)11-6-5-7-12(13(11)15)17(19)20/h5-7,9-10H,4,8H2,1-3H3,(H,16,18). The van der Waals surface area contributed by atoms with Crippen LogP contribution in [0.5, 0.6) is 0 Å². The van der Waals surface area contributed by atoms with Crippen molar-refractivity contribution in [3.63, 3.8) is 0 Å². The van der Waals surface area contributed by atoms with Crippen LogP contribution in [-0.4, -0.2) is 16.9 Å². The smallest absolute Gasteiger partial charge is 0.288 e. The topological polar surface area (TPSA) is 72.2 Å². The van der Waals surface area contributed by atoms with Gasteiger partial charge in [0, 0.05) is 12.1 Å². The highest BCUT2D eigenvalue weighted by molar-refractivity contribution is 6.35. The fourth-order valence-electron chi connectivity index (χ4n) is 1.97. The molecule has 1 amide bonds. The van der Waals surface area contributed by atoms with E-state index in [-0.39, 0.29) is 28.2 Å². The Morgan fingerprint density at radius 1 is 1.45 bits per heavy atom. The first-order valence-electron chi connectivity index (χ1n) is 6.60. The largest absolute Gasteiger partial charge is 0.350 e. The van der Waals surface area contributed by atoms with E-state index in [9.17, 15) is 14.9 Å². The molecule has 0 bridgehead atoms. The molecule has 0 saturated heterocycles. The minimum atomic E-state index is -0.596. The van der Waals surface area contributed by atoms with E-state index >= 15 is 0 Å². The van der Waals surface area contributed by atoms with Gasteiger partial charge in [0.2, 0.25) is 0 Å². The van der Waals surface area contributed by atoms with Gasteiger partial charge in [-0.2, -0.15) is 0 Å². The summed E-state index contributed by atoms with van der Waals surface area (Å²) < 4.78 is 0. The van der Waals surface area contributed by atoms with Gasteiger partial charge in [0.1, 0.15) is 5.02 Å². The number of rotatable bonds is 6. The molecule has 110 valence electrons. The summed E-state index contributed by atoms with van der Waals surface area (Å²) in [5.74, 6) is 0.125. The molecule has 1 N–H and O–H groups in total. The zero-order valence-electron chi connectivity index (χ0n) is 11.9.